The Morgan fingerprint density at radius 3 is 2.84 bits per heavy atom. The van der Waals surface area contributed by atoms with Gasteiger partial charge in [-0.3, -0.25) is 4.79 Å². The molecule has 1 aromatic carbocycles. The van der Waals surface area contributed by atoms with Crippen LogP contribution in [0.15, 0.2) is 48.8 Å². The van der Waals surface area contributed by atoms with Crippen LogP contribution in [-0.2, 0) is 6.54 Å². The van der Waals surface area contributed by atoms with Crippen molar-refractivity contribution in [2.45, 2.75) is 6.54 Å². The molecule has 0 atom stereocenters. The number of fused-ring (bicyclic) bond motifs is 1. The van der Waals surface area contributed by atoms with Crippen molar-refractivity contribution in [1.82, 2.24) is 9.30 Å². The molecule has 0 unspecified atom stereocenters. The average molecular weight is 336 g/mol. The predicted octanol–water partition coefficient (Wildman–Crippen LogP) is 3.26. The number of nitriles is 1. The Morgan fingerprint density at radius 1 is 1.32 bits per heavy atom. The Bertz CT molecular complexity index is 985. The summed E-state index contributed by atoms with van der Waals surface area (Å²) in [6.45, 7) is 0.351. The highest BCUT2D eigenvalue weighted by atomic mass is 19.1. The van der Waals surface area contributed by atoms with Crippen LogP contribution in [-0.4, -0.2) is 29.3 Å². The van der Waals surface area contributed by atoms with E-state index >= 15 is 0 Å². The minimum Gasteiger partial charge on any atom is -0.380 e. The second-order valence-corrected chi connectivity index (χ2v) is 5.88. The van der Waals surface area contributed by atoms with Crippen molar-refractivity contribution in [3.63, 3.8) is 0 Å². The van der Waals surface area contributed by atoms with Crippen LogP contribution in [0.5, 0.6) is 0 Å². The Kier molecular flexibility index (Phi) is 4.40. The highest BCUT2D eigenvalue weighted by Crippen LogP contribution is 2.22. The van der Waals surface area contributed by atoms with Crippen molar-refractivity contribution in [3.05, 3.63) is 71.3 Å². The van der Waals surface area contributed by atoms with Crippen LogP contribution in [0, 0.1) is 17.1 Å². The number of nitrogens with zero attached hydrogens (tertiary/aromatic N) is 3. The van der Waals surface area contributed by atoms with Gasteiger partial charge >= 0.3 is 0 Å². The maximum Gasteiger partial charge on any atom is 0.255 e. The lowest BCUT2D eigenvalue weighted by Crippen LogP contribution is -2.23. The molecule has 0 aliphatic heterocycles. The molecule has 0 aliphatic rings. The molecule has 6 heteroatoms. The zero-order chi connectivity index (χ0) is 18.0. The number of halogens is 1. The summed E-state index contributed by atoms with van der Waals surface area (Å²) in [7, 11) is 3.23. The zero-order valence-electron chi connectivity index (χ0n) is 14.0. The molecule has 1 N–H and O–H groups in total. The van der Waals surface area contributed by atoms with E-state index in [4.69, 9.17) is 0 Å². The number of hydrogen-bond donors (Lipinski definition) is 1. The van der Waals surface area contributed by atoms with E-state index in [1.807, 2.05) is 35.0 Å². The number of carbonyl (C=O) groups excluding carboxylic acids is 1. The molecule has 3 rings (SSSR count). The fourth-order valence-electron chi connectivity index (χ4n) is 2.72. The molecule has 2 aromatic heterocycles. The van der Waals surface area contributed by atoms with E-state index in [2.05, 4.69) is 11.4 Å². The first-order valence-corrected chi connectivity index (χ1v) is 7.75. The second-order valence-electron chi connectivity index (χ2n) is 5.88. The maximum absolute atomic E-state index is 13.5. The molecule has 0 radical (unpaired) electrons. The highest BCUT2D eigenvalue weighted by molar-refractivity contribution is 5.99. The van der Waals surface area contributed by atoms with Gasteiger partial charge in [-0.1, -0.05) is 6.07 Å². The van der Waals surface area contributed by atoms with Crippen molar-refractivity contribution < 1.29 is 9.18 Å². The number of carbonyl (C=O) groups is 1. The summed E-state index contributed by atoms with van der Waals surface area (Å²) in [6, 6.07) is 11.9. The quantitative estimate of drug-likeness (QED) is 0.795. The Morgan fingerprint density at radius 2 is 2.12 bits per heavy atom. The van der Waals surface area contributed by atoms with E-state index in [1.165, 1.54) is 23.1 Å². The first-order valence-electron chi connectivity index (χ1n) is 7.75. The number of rotatable bonds is 4. The van der Waals surface area contributed by atoms with Crippen molar-refractivity contribution in [1.29, 1.82) is 5.26 Å². The van der Waals surface area contributed by atoms with Crippen LogP contribution in [0.4, 0.5) is 10.1 Å². The normalized spacial score (nSPS) is 10.5. The molecule has 5 nitrogen and oxygen atoms in total. The first-order chi connectivity index (χ1) is 12.0. The van der Waals surface area contributed by atoms with Crippen LogP contribution in [0.1, 0.15) is 21.5 Å². The summed E-state index contributed by atoms with van der Waals surface area (Å²) in [5.41, 5.74) is 2.99. The van der Waals surface area contributed by atoms with Gasteiger partial charge in [0.05, 0.1) is 16.6 Å². The molecule has 0 aliphatic carbocycles. The fraction of sp³-hybridized carbons (Fsp3) is 0.158. The summed E-state index contributed by atoms with van der Waals surface area (Å²) in [5.74, 6) is -0.757. The molecular weight excluding hydrogens is 319 g/mol. The summed E-state index contributed by atoms with van der Waals surface area (Å²) in [5, 5.41) is 12.6. The van der Waals surface area contributed by atoms with E-state index in [0.29, 0.717) is 17.8 Å². The van der Waals surface area contributed by atoms with Crippen molar-refractivity contribution in [2.24, 2.45) is 0 Å². The SMILES string of the molecule is CN(C)C(=O)c1cc(F)ccc1NCc1cn2ccccc2c1C#N. The van der Waals surface area contributed by atoms with Gasteiger partial charge in [-0.15, -0.1) is 0 Å². The lowest BCUT2D eigenvalue weighted by Gasteiger charge is -2.15. The number of aromatic nitrogens is 1. The minimum atomic E-state index is -0.469. The average Bonchev–Trinajstić information content (AvgIpc) is 2.97. The number of benzene rings is 1. The van der Waals surface area contributed by atoms with Crippen LogP contribution in [0.2, 0.25) is 0 Å². The molecule has 0 saturated heterocycles. The van der Waals surface area contributed by atoms with Gasteiger partial charge in [-0.2, -0.15) is 5.26 Å². The van der Waals surface area contributed by atoms with Crippen molar-refractivity contribution in [3.8, 4) is 6.07 Å². The molecule has 25 heavy (non-hydrogen) atoms. The third kappa shape index (κ3) is 3.17. The molecule has 0 fully saturated rings. The third-order valence-corrected chi connectivity index (χ3v) is 3.96. The van der Waals surface area contributed by atoms with Crippen LogP contribution >= 0.6 is 0 Å². The summed E-state index contributed by atoms with van der Waals surface area (Å²) in [4.78, 5) is 13.7. The van der Waals surface area contributed by atoms with Gasteiger partial charge in [0.1, 0.15) is 11.9 Å². The zero-order valence-corrected chi connectivity index (χ0v) is 14.0. The molecule has 0 spiro atoms. The van der Waals surface area contributed by atoms with E-state index in [1.54, 1.807) is 14.1 Å². The Hall–Kier alpha value is -3.33. The van der Waals surface area contributed by atoms with Gasteiger partial charge in [0.2, 0.25) is 0 Å². The summed E-state index contributed by atoms with van der Waals surface area (Å²) in [6.07, 6.45) is 3.75. The standard InChI is InChI=1S/C19H17FN4O/c1-23(2)19(25)15-9-14(20)6-7-17(15)22-11-13-12-24-8-4-3-5-18(24)16(13)10-21/h3-9,12,22H,11H2,1-2H3. The smallest absolute Gasteiger partial charge is 0.255 e. The largest absolute Gasteiger partial charge is 0.380 e. The lowest BCUT2D eigenvalue weighted by atomic mass is 10.1. The van der Waals surface area contributed by atoms with E-state index < -0.39 is 5.82 Å². The molecular formula is C19H17FN4O. The van der Waals surface area contributed by atoms with E-state index in [0.717, 1.165) is 11.1 Å². The van der Waals surface area contributed by atoms with Gasteiger partial charge in [0, 0.05) is 44.3 Å². The highest BCUT2D eigenvalue weighted by Gasteiger charge is 2.16. The van der Waals surface area contributed by atoms with Crippen molar-refractivity contribution >= 4 is 17.1 Å². The number of hydrogen-bond acceptors (Lipinski definition) is 3. The Labute approximate surface area is 144 Å². The molecule has 0 saturated carbocycles. The predicted molar refractivity (Wildman–Crippen MR) is 93.9 cm³/mol. The Balaban J connectivity index is 1.93. The van der Waals surface area contributed by atoms with Gasteiger partial charge in [0.15, 0.2) is 0 Å². The summed E-state index contributed by atoms with van der Waals surface area (Å²) >= 11 is 0. The monoisotopic (exact) mass is 336 g/mol. The van der Waals surface area contributed by atoms with E-state index in [9.17, 15) is 14.4 Å². The van der Waals surface area contributed by atoms with Gasteiger partial charge < -0.3 is 14.6 Å². The fourth-order valence-corrected chi connectivity index (χ4v) is 2.72. The maximum atomic E-state index is 13.5. The lowest BCUT2D eigenvalue weighted by molar-refractivity contribution is 0.0828. The number of nitrogens with one attached hydrogen (secondary N) is 1. The minimum absolute atomic E-state index is 0.257. The first kappa shape index (κ1) is 16.5. The molecule has 3 aromatic rings. The van der Waals surface area contributed by atoms with Gasteiger partial charge in [-0.25, -0.2) is 4.39 Å². The molecule has 1 amide bonds. The van der Waals surface area contributed by atoms with E-state index in [-0.39, 0.29) is 11.5 Å². The number of pyridine rings is 1. The summed E-state index contributed by atoms with van der Waals surface area (Å²) < 4.78 is 15.4. The second kappa shape index (κ2) is 6.65. The van der Waals surface area contributed by atoms with Crippen LogP contribution in [0.25, 0.3) is 5.52 Å². The topological polar surface area (TPSA) is 60.5 Å². The van der Waals surface area contributed by atoms with Crippen LogP contribution < -0.4 is 5.32 Å². The molecule has 0 bridgehead atoms. The van der Waals surface area contributed by atoms with Crippen LogP contribution in [0.3, 0.4) is 0 Å². The number of amides is 1. The van der Waals surface area contributed by atoms with Crippen molar-refractivity contribution in [2.75, 3.05) is 19.4 Å². The molecule has 126 valence electrons. The molecule has 2 heterocycles. The number of anilines is 1. The van der Waals surface area contributed by atoms with Gasteiger partial charge in [0.25, 0.3) is 5.91 Å². The third-order valence-electron chi connectivity index (χ3n) is 3.96. The van der Waals surface area contributed by atoms with Gasteiger partial charge in [-0.05, 0) is 30.3 Å².